The van der Waals surface area contributed by atoms with Crippen molar-refractivity contribution in [3.63, 3.8) is 0 Å². The SMILES string of the molecule is CC.CC(=O)SCCN1C(=O)CC(C)C1=O. The smallest absolute Gasteiger partial charge is 0.232 e. The number of hydrogen-bond acceptors (Lipinski definition) is 4. The van der Waals surface area contributed by atoms with Crippen LogP contribution >= 0.6 is 11.8 Å². The van der Waals surface area contributed by atoms with Crippen molar-refractivity contribution in [2.45, 2.75) is 34.1 Å². The minimum atomic E-state index is -0.190. The molecule has 0 saturated carbocycles. The highest BCUT2D eigenvalue weighted by atomic mass is 32.2. The van der Waals surface area contributed by atoms with Gasteiger partial charge in [-0.05, 0) is 0 Å². The Kier molecular flexibility index (Phi) is 7.05. The molecule has 1 unspecified atom stereocenters. The van der Waals surface area contributed by atoms with E-state index in [0.717, 1.165) is 11.8 Å². The lowest BCUT2D eigenvalue weighted by molar-refractivity contribution is -0.138. The van der Waals surface area contributed by atoms with Gasteiger partial charge in [-0.3, -0.25) is 19.3 Å². The molecule has 5 heteroatoms. The third-order valence-electron chi connectivity index (χ3n) is 2.09. The van der Waals surface area contributed by atoms with E-state index in [1.54, 1.807) is 6.92 Å². The maximum atomic E-state index is 11.4. The average molecular weight is 245 g/mol. The number of likely N-dealkylation sites (tertiary alicyclic amines) is 1. The number of amides is 2. The standard InChI is InChI=1S/C9H13NO3S.C2H6/c1-6-5-8(12)10(9(6)13)3-4-14-7(2)11;1-2/h6H,3-5H2,1-2H3;1-2H3. The van der Waals surface area contributed by atoms with Crippen molar-refractivity contribution in [1.29, 1.82) is 0 Å². The predicted octanol–water partition coefficient (Wildman–Crippen LogP) is 1.69. The van der Waals surface area contributed by atoms with Crippen LogP contribution in [-0.4, -0.2) is 34.1 Å². The Bertz CT molecular complexity index is 278. The molecule has 1 aliphatic rings. The molecule has 0 aromatic heterocycles. The number of carbonyl (C=O) groups excluding carboxylic acids is 3. The van der Waals surface area contributed by atoms with Crippen LogP contribution in [0.3, 0.4) is 0 Å². The molecule has 0 radical (unpaired) electrons. The lowest BCUT2D eigenvalue weighted by atomic mass is 10.1. The molecule has 0 aromatic carbocycles. The Morgan fingerprint density at radius 1 is 1.44 bits per heavy atom. The minimum absolute atomic E-state index is 0.0112. The lowest BCUT2D eigenvalue weighted by Gasteiger charge is -2.12. The molecule has 4 nitrogen and oxygen atoms in total. The van der Waals surface area contributed by atoms with E-state index in [1.165, 1.54) is 11.8 Å². The highest BCUT2D eigenvalue weighted by molar-refractivity contribution is 8.13. The van der Waals surface area contributed by atoms with Gasteiger partial charge in [0.25, 0.3) is 0 Å². The van der Waals surface area contributed by atoms with Crippen LogP contribution in [0.15, 0.2) is 0 Å². The molecule has 1 rings (SSSR count). The molecule has 0 aliphatic carbocycles. The maximum absolute atomic E-state index is 11.4. The van der Waals surface area contributed by atoms with Crippen molar-refractivity contribution < 1.29 is 14.4 Å². The molecule has 1 saturated heterocycles. The van der Waals surface area contributed by atoms with E-state index >= 15 is 0 Å². The first kappa shape index (κ1) is 15.2. The Labute approximate surface area is 101 Å². The average Bonchev–Trinajstić information content (AvgIpc) is 2.47. The Morgan fingerprint density at radius 3 is 2.38 bits per heavy atom. The van der Waals surface area contributed by atoms with E-state index in [2.05, 4.69) is 0 Å². The second kappa shape index (κ2) is 7.44. The van der Waals surface area contributed by atoms with Gasteiger partial charge in [0.2, 0.25) is 11.8 Å². The second-order valence-electron chi connectivity index (χ2n) is 3.33. The minimum Gasteiger partial charge on any atom is -0.288 e. The fourth-order valence-electron chi connectivity index (χ4n) is 1.36. The molecule has 2 amide bonds. The summed E-state index contributed by atoms with van der Waals surface area (Å²) in [7, 11) is 0. The van der Waals surface area contributed by atoms with E-state index in [-0.39, 0.29) is 22.8 Å². The summed E-state index contributed by atoms with van der Waals surface area (Å²) in [6.45, 7) is 7.57. The van der Waals surface area contributed by atoms with Gasteiger partial charge in [0.05, 0.1) is 0 Å². The fraction of sp³-hybridized carbons (Fsp3) is 0.727. The zero-order valence-corrected chi connectivity index (χ0v) is 11.1. The van der Waals surface area contributed by atoms with Crippen molar-refractivity contribution >= 4 is 28.7 Å². The van der Waals surface area contributed by atoms with E-state index in [1.807, 2.05) is 13.8 Å². The summed E-state index contributed by atoms with van der Waals surface area (Å²) in [5.74, 6) is 0.0788. The molecule has 1 heterocycles. The van der Waals surface area contributed by atoms with Crippen LogP contribution in [0.25, 0.3) is 0 Å². The Hall–Kier alpha value is -0.840. The third-order valence-corrected chi connectivity index (χ3v) is 2.88. The van der Waals surface area contributed by atoms with Crippen molar-refractivity contribution in [1.82, 2.24) is 4.90 Å². The summed E-state index contributed by atoms with van der Waals surface area (Å²) in [5, 5.41) is 0.0112. The molecule has 0 bridgehead atoms. The number of carbonyl (C=O) groups is 3. The van der Waals surface area contributed by atoms with Crippen molar-refractivity contribution in [3.8, 4) is 0 Å². The van der Waals surface area contributed by atoms with Gasteiger partial charge in [-0.1, -0.05) is 32.5 Å². The number of nitrogens with zero attached hydrogens (tertiary/aromatic N) is 1. The first-order valence-corrected chi connectivity index (χ1v) is 6.48. The molecule has 0 N–H and O–H groups in total. The van der Waals surface area contributed by atoms with Crippen LogP contribution in [-0.2, 0) is 14.4 Å². The largest absolute Gasteiger partial charge is 0.288 e. The second-order valence-corrected chi connectivity index (χ2v) is 4.60. The summed E-state index contributed by atoms with van der Waals surface area (Å²) < 4.78 is 0. The quantitative estimate of drug-likeness (QED) is 0.710. The van der Waals surface area contributed by atoms with Gasteiger partial charge in [-0.2, -0.15) is 0 Å². The topological polar surface area (TPSA) is 54.5 Å². The van der Waals surface area contributed by atoms with Gasteiger partial charge in [0.15, 0.2) is 5.12 Å². The molecule has 92 valence electrons. The van der Waals surface area contributed by atoms with E-state index in [4.69, 9.17) is 0 Å². The van der Waals surface area contributed by atoms with Gasteiger partial charge in [-0.15, -0.1) is 0 Å². The predicted molar refractivity (Wildman–Crippen MR) is 65.0 cm³/mol. The van der Waals surface area contributed by atoms with Gasteiger partial charge in [0, 0.05) is 31.6 Å². The van der Waals surface area contributed by atoms with E-state index in [0.29, 0.717) is 18.7 Å². The highest BCUT2D eigenvalue weighted by Crippen LogP contribution is 2.18. The molecule has 1 aliphatic heterocycles. The maximum Gasteiger partial charge on any atom is 0.232 e. The Balaban J connectivity index is 0.00000106. The molecule has 1 atom stereocenters. The van der Waals surface area contributed by atoms with Crippen LogP contribution < -0.4 is 0 Å². The molecular formula is C11H19NO3S. The van der Waals surface area contributed by atoms with Gasteiger partial charge in [-0.25, -0.2) is 0 Å². The summed E-state index contributed by atoms with van der Waals surface area (Å²) in [5.41, 5.74) is 0. The molecular weight excluding hydrogens is 226 g/mol. The van der Waals surface area contributed by atoms with E-state index in [9.17, 15) is 14.4 Å². The number of hydrogen-bond donors (Lipinski definition) is 0. The monoisotopic (exact) mass is 245 g/mol. The molecule has 16 heavy (non-hydrogen) atoms. The molecule has 0 spiro atoms. The van der Waals surface area contributed by atoms with Crippen LogP contribution in [0.1, 0.15) is 34.1 Å². The van der Waals surface area contributed by atoms with Crippen LogP contribution in [0.5, 0.6) is 0 Å². The van der Waals surface area contributed by atoms with Crippen molar-refractivity contribution in [2.24, 2.45) is 5.92 Å². The van der Waals surface area contributed by atoms with Crippen molar-refractivity contribution in [3.05, 3.63) is 0 Å². The van der Waals surface area contributed by atoms with Gasteiger partial charge >= 0.3 is 0 Å². The lowest BCUT2D eigenvalue weighted by Crippen LogP contribution is -2.32. The summed E-state index contributed by atoms with van der Waals surface area (Å²) >= 11 is 1.14. The zero-order chi connectivity index (χ0) is 12.7. The fourth-order valence-corrected chi connectivity index (χ4v) is 1.93. The van der Waals surface area contributed by atoms with Crippen LogP contribution in [0.4, 0.5) is 0 Å². The molecule has 0 aromatic rings. The molecule has 1 fully saturated rings. The summed E-state index contributed by atoms with van der Waals surface area (Å²) in [4.78, 5) is 34.6. The van der Waals surface area contributed by atoms with E-state index < -0.39 is 0 Å². The van der Waals surface area contributed by atoms with Crippen LogP contribution in [0, 0.1) is 5.92 Å². The van der Waals surface area contributed by atoms with Gasteiger partial charge in [0.1, 0.15) is 0 Å². The number of rotatable bonds is 3. The summed E-state index contributed by atoms with van der Waals surface area (Å²) in [6.07, 6.45) is 0.309. The first-order valence-electron chi connectivity index (χ1n) is 5.50. The zero-order valence-electron chi connectivity index (χ0n) is 10.3. The Morgan fingerprint density at radius 2 is 2.00 bits per heavy atom. The van der Waals surface area contributed by atoms with Crippen molar-refractivity contribution in [2.75, 3.05) is 12.3 Å². The first-order chi connectivity index (χ1) is 7.52. The number of imide groups is 1. The number of thioether (sulfide) groups is 1. The normalized spacial score (nSPS) is 19.5. The highest BCUT2D eigenvalue weighted by Gasteiger charge is 2.34. The van der Waals surface area contributed by atoms with Gasteiger partial charge < -0.3 is 0 Å². The van der Waals surface area contributed by atoms with Crippen LogP contribution in [0.2, 0.25) is 0 Å². The third kappa shape index (κ3) is 4.35. The summed E-state index contributed by atoms with van der Waals surface area (Å²) in [6, 6.07) is 0.